The molecule has 1 aliphatic heterocycles. The molecule has 94 valence electrons. The summed E-state index contributed by atoms with van der Waals surface area (Å²) in [6.45, 7) is 7.02. The van der Waals surface area contributed by atoms with Crippen LogP contribution in [0.5, 0.6) is 0 Å². The van der Waals surface area contributed by atoms with Crippen molar-refractivity contribution in [2.45, 2.75) is 19.4 Å². The lowest BCUT2D eigenvalue weighted by Gasteiger charge is -2.45. The summed E-state index contributed by atoms with van der Waals surface area (Å²) in [6.07, 6.45) is 0. The van der Waals surface area contributed by atoms with Gasteiger partial charge in [0.2, 0.25) is 17.2 Å². The Labute approximate surface area is 106 Å². The fourth-order valence-corrected chi connectivity index (χ4v) is 2.07. The first-order valence-electron chi connectivity index (χ1n) is 5.52. The predicted octanol–water partition coefficient (Wildman–Crippen LogP) is 0.638. The zero-order valence-corrected chi connectivity index (χ0v) is 11.1. The molecule has 1 aliphatic rings. The van der Waals surface area contributed by atoms with E-state index in [-0.39, 0.29) is 16.8 Å². The maximum Gasteiger partial charge on any atom is 0.231 e. The number of nitrogens with two attached hydrogens (primary N) is 1. The molecule has 1 saturated heterocycles. The van der Waals surface area contributed by atoms with Crippen LogP contribution in [0.4, 0.5) is 11.9 Å². The zero-order chi connectivity index (χ0) is 12.6. The number of rotatable bonds is 1. The Morgan fingerprint density at radius 3 is 2.53 bits per heavy atom. The molecule has 1 fully saturated rings. The molecule has 6 nitrogen and oxygen atoms in total. The molecule has 0 amide bonds. The summed E-state index contributed by atoms with van der Waals surface area (Å²) in [7, 11) is 2.12. The minimum atomic E-state index is 0.0755. The van der Waals surface area contributed by atoms with E-state index in [9.17, 15) is 0 Å². The summed E-state index contributed by atoms with van der Waals surface area (Å²) in [5.41, 5.74) is 5.65. The van der Waals surface area contributed by atoms with Crippen molar-refractivity contribution < 1.29 is 0 Å². The van der Waals surface area contributed by atoms with E-state index in [0.29, 0.717) is 5.95 Å². The van der Waals surface area contributed by atoms with Crippen LogP contribution in [0.2, 0.25) is 5.28 Å². The van der Waals surface area contributed by atoms with Crippen LogP contribution in [0.1, 0.15) is 13.8 Å². The van der Waals surface area contributed by atoms with Gasteiger partial charge in [-0.15, -0.1) is 0 Å². The molecule has 2 rings (SSSR count). The number of anilines is 2. The van der Waals surface area contributed by atoms with Gasteiger partial charge in [0.1, 0.15) is 0 Å². The summed E-state index contributed by atoms with van der Waals surface area (Å²) in [6, 6.07) is 0. The molecule has 1 aromatic heterocycles. The van der Waals surface area contributed by atoms with Gasteiger partial charge in [-0.3, -0.25) is 4.90 Å². The van der Waals surface area contributed by atoms with Crippen LogP contribution in [0.25, 0.3) is 0 Å². The fourth-order valence-electron chi connectivity index (χ4n) is 1.91. The average molecular weight is 257 g/mol. The van der Waals surface area contributed by atoms with Gasteiger partial charge in [0.05, 0.1) is 0 Å². The maximum atomic E-state index is 5.79. The van der Waals surface area contributed by atoms with Gasteiger partial charge in [0.15, 0.2) is 0 Å². The molecule has 2 heterocycles. The lowest BCUT2D eigenvalue weighted by molar-refractivity contribution is 0.138. The first kappa shape index (κ1) is 12.3. The molecule has 0 saturated carbocycles. The van der Waals surface area contributed by atoms with Gasteiger partial charge in [-0.05, 0) is 32.5 Å². The number of nitrogen functional groups attached to an aromatic ring is 1. The van der Waals surface area contributed by atoms with E-state index in [0.717, 1.165) is 19.6 Å². The van der Waals surface area contributed by atoms with E-state index in [4.69, 9.17) is 17.3 Å². The van der Waals surface area contributed by atoms with E-state index in [2.05, 4.69) is 45.6 Å². The molecule has 0 aliphatic carbocycles. The molecule has 7 heteroatoms. The molecule has 17 heavy (non-hydrogen) atoms. The summed E-state index contributed by atoms with van der Waals surface area (Å²) in [5, 5.41) is 0.143. The summed E-state index contributed by atoms with van der Waals surface area (Å²) < 4.78 is 0. The van der Waals surface area contributed by atoms with Gasteiger partial charge in [-0.25, -0.2) is 0 Å². The normalized spacial score (nSPS) is 20.6. The maximum absolute atomic E-state index is 5.79. The first-order chi connectivity index (χ1) is 7.88. The van der Waals surface area contributed by atoms with Crippen molar-refractivity contribution in [3.63, 3.8) is 0 Å². The average Bonchev–Trinajstić information content (AvgIpc) is 2.20. The second-order valence-corrected chi connectivity index (χ2v) is 5.26. The Hall–Kier alpha value is -1.14. The van der Waals surface area contributed by atoms with Crippen molar-refractivity contribution >= 4 is 23.5 Å². The summed E-state index contributed by atoms with van der Waals surface area (Å²) in [5.74, 6) is 0.723. The smallest absolute Gasteiger partial charge is 0.231 e. The van der Waals surface area contributed by atoms with Crippen LogP contribution >= 0.6 is 11.6 Å². The highest BCUT2D eigenvalue weighted by Gasteiger charge is 2.32. The molecule has 0 spiro atoms. The topological polar surface area (TPSA) is 71.2 Å². The third-order valence-corrected chi connectivity index (χ3v) is 3.38. The van der Waals surface area contributed by atoms with Crippen LogP contribution in [-0.2, 0) is 0 Å². The summed E-state index contributed by atoms with van der Waals surface area (Å²) in [4.78, 5) is 16.4. The molecular weight excluding hydrogens is 240 g/mol. The Morgan fingerprint density at radius 2 is 1.94 bits per heavy atom. The van der Waals surface area contributed by atoms with Crippen molar-refractivity contribution in [3.8, 4) is 0 Å². The van der Waals surface area contributed by atoms with Gasteiger partial charge in [-0.1, -0.05) is 0 Å². The molecule has 0 aromatic carbocycles. The number of hydrogen-bond acceptors (Lipinski definition) is 6. The van der Waals surface area contributed by atoms with Crippen LogP contribution in [0.3, 0.4) is 0 Å². The molecule has 0 radical (unpaired) electrons. The highest BCUT2D eigenvalue weighted by atomic mass is 35.5. The number of hydrogen-bond donors (Lipinski definition) is 1. The van der Waals surface area contributed by atoms with Crippen molar-refractivity contribution in [2.24, 2.45) is 0 Å². The fraction of sp³-hybridized carbons (Fsp3) is 0.700. The molecule has 2 N–H and O–H groups in total. The highest BCUT2D eigenvalue weighted by molar-refractivity contribution is 6.28. The lowest BCUT2D eigenvalue weighted by Crippen LogP contribution is -2.58. The van der Waals surface area contributed by atoms with E-state index < -0.39 is 0 Å². The largest absolute Gasteiger partial charge is 0.368 e. The van der Waals surface area contributed by atoms with Gasteiger partial charge in [0, 0.05) is 25.2 Å². The van der Waals surface area contributed by atoms with Crippen molar-refractivity contribution in [2.75, 3.05) is 37.3 Å². The van der Waals surface area contributed by atoms with Crippen molar-refractivity contribution in [1.29, 1.82) is 0 Å². The monoisotopic (exact) mass is 256 g/mol. The van der Waals surface area contributed by atoms with Crippen LogP contribution in [0, 0.1) is 0 Å². The Kier molecular flexibility index (Phi) is 3.09. The van der Waals surface area contributed by atoms with E-state index in [1.54, 1.807) is 0 Å². The van der Waals surface area contributed by atoms with Crippen LogP contribution < -0.4 is 10.6 Å². The number of likely N-dealkylation sites (N-methyl/N-ethyl adjacent to an activating group) is 1. The number of aromatic nitrogens is 3. The Bertz CT molecular complexity index is 401. The third kappa shape index (κ3) is 2.58. The number of halogens is 1. The highest BCUT2D eigenvalue weighted by Crippen LogP contribution is 2.22. The van der Waals surface area contributed by atoms with Gasteiger partial charge < -0.3 is 10.6 Å². The van der Waals surface area contributed by atoms with E-state index >= 15 is 0 Å². The van der Waals surface area contributed by atoms with E-state index in [1.807, 2.05) is 0 Å². The second kappa shape index (κ2) is 4.27. The molecule has 0 bridgehead atoms. The standard InChI is InChI=1S/C10H17ClN6/c1-10(2)6-17(5-4-16(10)3)9-14-7(11)13-8(12)15-9/h4-6H2,1-3H3,(H2,12,13,14,15). The van der Waals surface area contributed by atoms with Gasteiger partial charge in [0.25, 0.3) is 0 Å². The minimum absolute atomic E-state index is 0.0755. The van der Waals surface area contributed by atoms with Crippen molar-refractivity contribution in [3.05, 3.63) is 5.28 Å². The zero-order valence-electron chi connectivity index (χ0n) is 10.3. The minimum Gasteiger partial charge on any atom is -0.368 e. The quantitative estimate of drug-likeness (QED) is 0.795. The van der Waals surface area contributed by atoms with Crippen LogP contribution in [0.15, 0.2) is 0 Å². The molecule has 0 atom stereocenters. The molecule has 1 aromatic rings. The Morgan fingerprint density at radius 1 is 1.24 bits per heavy atom. The Balaban J connectivity index is 2.23. The van der Waals surface area contributed by atoms with Crippen molar-refractivity contribution in [1.82, 2.24) is 19.9 Å². The second-order valence-electron chi connectivity index (χ2n) is 4.92. The third-order valence-electron chi connectivity index (χ3n) is 3.21. The van der Waals surface area contributed by atoms with Gasteiger partial charge >= 0.3 is 0 Å². The first-order valence-corrected chi connectivity index (χ1v) is 5.89. The number of piperazine rings is 1. The molecule has 0 unspecified atom stereocenters. The van der Waals surface area contributed by atoms with Crippen LogP contribution in [-0.4, -0.2) is 52.1 Å². The van der Waals surface area contributed by atoms with Gasteiger partial charge in [-0.2, -0.15) is 15.0 Å². The lowest BCUT2D eigenvalue weighted by atomic mass is 10.0. The van der Waals surface area contributed by atoms with E-state index in [1.165, 1.54) is 0 Å². The SMILES string of the molecule is CN1CCN(c2nc(N)nc(Cl)n2)CC1(C)C. The molecular formula is C10H17ClN6. The number of nitrogens with zero attached hydrogens (tertiary/aromatic N) is 5. The summed E-state index contributed by atoms with van der Waals surface area (Å²) >= 11 is 5.79. The predicted molar refractivity (Wildman–Crippen MR) is 68.2 cm³/mol.